The van der Waals surface area contributed by atoms with Gasteiger partial charge in [-0.3, -0.25) is 14.4 Å². The van der Waals surface area contributed by atoms with E-state index >= 15 is 8.78 Å². The quantitative estimate of drug-likeness (QED) is 0.345. The molecular formula is C35H40F2N4O4. The molecule has 8 nitrogen and oxygen atoms in total. The van der Waals surface area contributed by atoms with Crippen LogP contribution in [0.3, 0.4) is 0 Å². The minimum atomic E-state index is -1.38. The molecule has 1 aromatic heterocycles. The lowest BCUT2D eigenvalue weighted by atomic mass is 9.88. The van der Waals surface area contributed by atoms with Gasteiger partial charge in [-0.2, -0.15) is 0 Å². The number of esters is 1. The van der Waals surface area contributed by atoms with Crippen LogP contribution in [0.2, 0.25) is 0 Å². The summed E-state index contributed by atoms with van der Waals surface area (Å²) in [5.74, 6) is -5.07. The molecule has 2 aliphatic heterocycles. The molecule has 4 atom stereocenters. The summed E-state index contributed by atoms with van der Waals surface area (Å²) in [6.07, 6.45) is -1.15. The summed E-state index contributed by atoms with van der Waals surface area (Å²) in [5, 5.41) is 6.33. The number of carbonyl (C=O) groups excluding carboxylic acids is 3. The number of rotatable bonds is 8. The highest BCUT2D eigenvalue weighted by Crippen LogP contribution is 2.64. The molecule has 45 heavy (non-hydrogen) atoms. The molecule has 3 heterocycles. The van der Waals surface area contributed by atoms with Gasteiger partial charge in [-0.25, -0.2) is 8.78 Å². The molecule has 0 unspecified atom stereocenters. The predicted molar refractivity (Wildman–Crippen MR) is 165 cm³/mol. The maximum atomic E-state index is 15.6. The third-order valence-corrected chi connectivity index (χ3v) is 10.1. The molecule has 2 fully saturated rings. The minimum Gasteiger partial charge on any atom is -0.466 e. The lowest BCUT2D eigenvalue weighted by Crippen LogP contribution is -2.52. The number of nitrogens with one attached hydrogen (secondary N) is 2. The van der Waals surface area contributed by atoms with Gasteiger partial charge in [0.2, 0.25) is 5.91 Å². The number of ether oxygens (including phenoxy) is 1. The second-order valence-corrected chi connectivity index (χ2v) is 13.1. The Morgan fingerprint density at radius 3 is 2.56 bits per heavy atom. The molecule has 3 aliphatic rings. The van der Waals surface area contributed by atoms with Crippen LogP contribution < -0.4 is 10.6 Å². The SMILES string of the molecule is CCOC(=O)C[C@H](C(=O)N[C@@H]1[C@@H]2[C@H](CN1C(=O)c1ccc3n1CCNC3)C2(C)C)c1cc(-c2c(C)cccc2C)cc(F)c1F. The molecule has 0 bridgehead atoms. The predicted octanol–water partition coefficient (Wildman–Crippen LogP) is 5.06. The van der Waals surface area contributed by atoms with Gasteiger partial charge in [0.15, 0.2) is 11.6 Å². The van der Waals surface area contributed by atoms with E-state index in [1.807, 2.05) is 48.7 Å². The van der Waals surface area contributed by atoms with Gasteiger partial charge in [0.25, 0.3) is 5.91 Å². The van der Waals surface area contributed by atoms with Crippen molar-refractivity contribution >= 4 is 17.8 Å². The summed E-state index contributed by atoms with van der Waals surface area (Å²) in [4.78, 5) is 42.6. The molecule has 0 radical (unpaired) electrons. The van der Waals surface area contributed by atoms with Crippen LogP contribution in [0.5, 0.6) is 0 Å². The third kappa shape index (κ3) is 5.43. The van der Waals surface area contributed by atoms with E-state index in [-0.39, 0.29) is 35.3 Å². The zero-order valence-electron chi connectivity index (χ0n) is 26.4. The number of hydrogen-bond donors (Lipinski definition) is 2. The Hall–Kier alpha value is -4.05. The summed E-state index contributed by atoms with van der Waals surface area (Å²) in [6, 6.07) is 12.0. The Labute approximate surface area is 262 Å². The maximum absolute atomic E-state index is 15.6. The van der Waals surface area contributed by atoms with E-state index in [2.05, 4.69) is 24.5 Å². The average Bonchev–Trinajstić information content (AvgIpc) is 3.31. The number of amides is 2. The van der Waals surface area contributed by atoms with Crippen molar-refractivity contribution in [2.75, 3.05) is 19.7 Å². The van der Waals surface area contributed by atoms with Crippen LogP contribution in [0.4, 0.5) is 8.78 Å². The van der Waals surface area contributed by atoms with Crippen molar-refractivity contribution in [1.29, 1.82) is 0 Å². The van der Waals surface area contributed by atoms with Crippen LogP contribution in [0.25, 0.3) is 11.1 Å². The molecule has 10 heteroatoms. The zero-order chi connectivity index (χ0) is 32.2. The minimum absolute atomic E-state index is 0.0198. The van der Waals surface area contributed by atoms with Crippen molar-refractivity contribution in [3.8, 4) is 11.1 Å². The van der Waals surface area contributed by atoms with Gasteiger partial charge in [-0.1, -0.05) is 32.0 Å². The van der Waals surface area contributed by atoms with Crippen LogP contribution in [0.15, 0.2) is 42.5 Å². The number of hydrogen-bond acceptors (Lipinski definition) is 5. The first-order valence-corrected chi connectivity index (χ1v) is 15.7. The van der Waals surface area contributed by atoms with Gasteiger partial charge < -0.3 is 24.8 Å². The molecule has 1 saturated carbocycles. The number of carbonyl (C=O) groups is 3. The molecule has 1 aliphatic carbocycles. The van der Waals surface area contributed by atoms with E-state index in [4.69, 9.17) is 4.74 Å². The van der Waals surface area contributed by atoms with Crippen LogP contribution in [-0.2, 0) is 27.4 Å². The number of piperidine rings is 1. The van der Waals surface area contributed by atoms with Crippen molar-refractivity contribution in [1.82, 2.24) is 20.1 Å². The highest BCUT2D eigenvalue weighted by Gasteiger charge is 2.68. The summed E-state index contributed by atoms with van der Waals surface area (Å²) in [6.45, 7) is 12.2. The molecule has 3 aromatic rings. The normalized spacial score (nSPS) is 21.9. The number of fused-ring (bicyclic) bond motifs is 2. The highest BCUT2D eigenvalue weighted by molar-refractivity contribution is 5.95. The van der Waals surface area contributed by atoms with E-state index in [9.17, 15) is 14.4 Å². The number of halogens is 2. The molecule has 2 N–H and O–H groups in total. The van der Waals surface area contributed by atoms with E-state index in [1.54, 1.807) is 11.8 Å². The smallest absolute Gasteiger partial charge is 0.306 e. The number of benzene rings is 2. The van der Waals surface area contributed by atoms with Crippen LogP contribution in [0.1, 0.15) is 66.0 Å². The van der Waals surface area contributed by atoms with E-state index in [1.165, 1.54) is 6.07 Å². The maximum Gasteiger partial charge on any atom is 0.306 e. The summed E-state index contributed by atoms with van der Waals surface area (Å²) < 4.78 is 38.1. The monoisotopic (exact) mass is 618 g/mol. The van der Waals surface area contributed by atoms with Gasteiger partial charge in [0.05, 0.1) is 18.9 Å². The standard InChI is InChI=1S/C35H40F2N4O4/c1-6-45-28(42)16-24(23-14-21(15-26(36)31(23)37)29-19(2)8-7-9-20(29)3)33(43)39-32-30-25(35(30,4)5)18-41(32)34(44)27-11-10-22-17-38-12-13-40(22)27/h7-11,14-15,24-25,30,32,38H,6,12-13,16-18H2,1-5H3,(H,39,43)/t24-,25-,30-,32-/m0/s1. The number of aromatic nitrogens is 1. The van der Waals surface area contributed by atoms with Crippen molar-refractivity contribution < 1.29 is 27.9 Å². The Balaban J connectivity index is 1.36. The van der Waals surface area contributed by atoms with Gasteiger partial charge >= 0.3 is 5.97 Å². The molecule has 2 aromatic carbocycles. The molecule has 2 amide bonds. The van der Waals surface area contributed by atoms with Gasteiger partial charge in [0, 0.05) is 43.4 Å². The lowest BCUT2D eigenvalue weighted by Gasteiger charge is -2.33. The molecule has 6 rings (SSSR count). The summed E-state index contributed by atoms with van der Waals surface area (Å²) in [7, 11) is 0. The van der Waals surface area contributed by atoms with Crippen LogP contribution >= 0.6 is 0 Å². The zero-order valence-corrected chi connectivity index (χ0v) is 26.4. The Morgan fingerprint density at radius 2 is 1.84 bits per heavy atom. The fourth-order valence-electron chi connectivity index (χ4n) is 7.58. The van der Waals surface area contributed by atoms with Gasteiger partial charge in [-0.05, 0) is 78.6 Å². The Morgan fingerprint density at radius 1 is 1.11 bits per heavy atom. The molecule has 238 valence electrons. The van der Waals surface area contributed by atoms with Crippen molar-refractivity contribution in [3.05, 3.63) is 82.2 Å². The fourth-order valence-corrected chi connectivity index (χ4v) is 7.58. The first kappa shape index (κ1) is 31.0. The first-order chi connectivity index (χ1) is 21.4. The molecule has 0 spiro atoms. The van der Waals surface area contributed by atoms with Crippen LogP contribution in [0, 0.1) is 42.7 Å². The van der Waals surface area contributed by atoms with Crippen molar-refractivity contribution in [2.45, 2.75) is 66.2 Å². The molecule has 1 saturated heterocycles. The number of nitrogens with zero attached hydrogens (tertiary/aromatic N) is 2. The summed E-state index contributed by atoms with van der Waals surface area (Å²) >= 11 is 0. The third-order valence-electron chi connectivity index (χ3n) is 10.1. The Kier molecular flexibility index (Phi) is 8.05. The van der Waals surface area contributed by atoms with E-state index in [0.717, 1.165) is 35.0 Å². The number of likely N-dealkylation sites (tertiary alicyclic amines) is 1. The van der Waals surface area contributed by atoms with Crippen LogP contribution in [-0.4, -0.2) is 53.1 Å². The second-order valence-electron chi connectivity index (χ2n) is 13.1. The van der Waals surface area contributed by atoms with Gasteiger partial charge in [0.1, 0.15) is 11.9 Å². The van der Waals surface area contributed by atoms with Crippen molar-refractivity contribution in [2.24, 2.45) is 17.3 Å². The fraction of sp³-hybridized carbons (Fsp3) is 0.457. The lowest BCUT2D eigenvalue weighted by molar-refractivity contribution is -0.145. The molecular weight excluding hydrogens is 578 g/mol. The topological polar surface area (TPSA) is 92.7 Å². The van der Waals surface area contributed by atoms with E-state index in [0.29, 0.717) is 30.9 Å². The van der Waals surface area contributed by atoms with Gasteiger partial charge in [-0.15, -0.1) is 0 Å². The second kappa shape index (κ2) is 11.7. The van der Waals surface area contributed by atoms with E-state index < -0.39 is 42.0 Å². The first-order valence-electron chi connectivity index (χ1n) is 15.7. The number of aryl methyl sites for hydroxylation is 2. The Bertz CT molecular complexity index is 1660. The summed E-state index contributed by atoms with van der Waals surface area (Å²) in [5.41, 5.74) is 4.10. The highest BCUT2D eigenvalue weighted by atomic mass is 19.2. The van der Waals surface area contributed by atoms with Crippen molar-refractivity contribution in [3.63, 3.8) is 0 Å². The average molecular weight is 619 g/mol. The largest absolute Gasteiger partial charge is 0.466 e.